The third-order valence-corrected chi connectivity index (χ3v) is 6.18. The summed E-state index contributed by atoms with van der Waals surface area (Å²) < 4.78 is 5.45. The van der Waals surface area contributed by atoms with Gasteiger partial charge >= 0.3 is 0 Å². The SMILES string of the molecule is CCN1C(=O)COc2ccc(C(=O)C(C)SCC(=O)Nc3ccc(Cl)cc3C)cc21. The number of ether oxygens (including phenoxy) is 1. The van der Waals surface area contributed by atoms with E-state index in [1.165, 1.54) is 11.8 Å². The first kappa shape index (κ1) is 22.2. The van der Waals surface area contributed by atoms with Crippen LogP contribution in [0.15, 0.2) is 36.4 Å². The highest BCUT2D eigenvalue weighted by Crippen LogP contribution is 2.33. The molecule has 0 aromatic heterocycles. The molecule has 0 fully saturated rings. The number of nitrogens with zero attached hydrogens (tertiary/aromatic N) is 1. The lowest BCUT2D eigenvalue weighted by molar-refractivity contribution is -0.121. The van der Waals surface area contributed by atoms with Crippen molar-refractivity contribution < 1.29 is 19.1 Å². The Bertz CT molecular complexity index is 995. The second-order valence-corrected chi connectivity index (χ2v) is 8.70. The number of nitrogens with one attached hydrogen (secondary N) is 1. The van der Waals surface area contributed by atoms with Crippen LogP contribution >= 0.6 is 23.4 Å². The summed E-state index contributed by atoms with van der Waals surface area (Å²) in [5.74, 6) is 0.305. The second kappa shape index (κ2) is 9.53. The van der Waals surface area contributed by atoms with Crippen molar-refractivity contribution >= 4 is 52.3 Å². The van der Waals surface area contributed by atoms with Crippen molar-refractivity contribution in [1.82, 2.24) is 0 Å². The van der Waals surface area contributed by atoms with Crippen LogP contribution in [-0.4, -0.2) is 41.8 Å². The third-order valence-electron chi connectivity index (χ3n) is 4.80. The lowest BCUT2D eigenvalue weighted by Gasteiger charge is -2.28. The molecule has 0 saturated carbocycles. The van der Waals surface area contributed by atoms with Gasteiger partial charge in [-0.2, -0.15) is 0 Å². The molecule has 1 aliphatic rings. The van der Waals surface area contributed by atoms with E-state index in [0.717, 1.165) is 5.56 Å². The van der Waals surface area contributed by atoms with E-state index in [2.05, 4.69) is 5.32 Å². The standard InChI is InChI=1S/C22H23ClN2O4S/c1-4-25-18-10-15(5-8-19(18)29-11-21(25)27)22(28)14(3)30-12-20(26)24-17-7-6-16(23)9-13(17)2/h5-10,14H,4,11-12H2,1-3H3,(H,24,26). The van der Waals surface area contributed by atoms with Crippen LogP contribution in [0.4, 0.5) is 11.4 Å². The van der Waals surface area contributed by atoms with Gasteiger partial charge in [0, 0.05) is 22.8 Å². The minimum atomic E-state index is -0.421. The summed E-state index contributed by atoms with van der Waals surface area (Å²) in [6, 6.07) is 10.3. The number of fused-ring (bicyclic) bond motifs is 1. The average Bonchev–Trinajstić information content (AvgIpc) is 2.73. The quantitative estimate of drug-likeness (QED) is 0.640. The molecule has 3 rings (SSSR count). The van der Waals surface area contributed by atoms with E-state index in [-0.39, 0.29) is 30.0 Å². The zero-order chi connectivity index (χ0) is 21.8. The first-order chi connectivity index (χ1) is 14.3. The smallest absolute Gasteiger partial charge is 0.265 e. The number of carbonyl (C=O) groups excluding carboxylic acids is 3. The van der Waals surface area contributed by atoms with E-state index < -0.39 is 5.25 Å². The Morgan fingerprint density at radius 1 is 1.27 bits per heavy atom. The predicted octanol–water partition coefficient (Wildman–Crippen LogP) is 4.34. The molecule has 0 spiro atoms. The van der Waals surface area contributed by atoms with Crippen molar-refractivity contribution in [2.75, 3.05) is 29.1 Å². The van der Waals surface area contributed by atoms with Gasteiger partial charge in [-0.15, -0.1) is 11.8 Å². The van der Waals surface area contributed by atoms with Gasteiger partial charge in [-0.1, -0.05) is 11.6 Å². The fourth-order valence-electron chi connectivity index (χ4n) is 3.17. The molecule has 1 unspecified atom stereocenters. The number of aryl methyl sites for hydroxylation is 1. The molecule has 30 heavy (non-hydrogen) atoms. The molecule has 1 atom stereocenters. The summed E-state index contributed by atoms with van der Waals surface area (Å²) in [6.45, 7) is 6.02. The summed E-state index contributed by atoms with van der Waals surface area (Å²) >= 11 is 7.20. The molecule has 0 aliphatic carbocycles. The molecule has 6 nitrogen and oxygen atoms in total. The summed E-state index contributed by atoms with van der Waals surface area (Å²) in [5.41, 5.74) is 2.66. The van der Waals surface area contributed by atoms with Crippen LogP contribution in [-0.2, 0) is 9.59 Å². The molecule has 1 heterocycles. The number of amides is 2. The molecule has 0 radical (unpaired) electrons. The van der Waals surface area contributed by atoms with Gasteiger partial charge in [-0.25, -0.2) is 0 Å². The van der Waals surface area contributed by atoms with Crippen LogP contribution in [0.2, 0.25) is 5.02 Å². The highest BCUT2D eigenvalue weighted by Gasteiger charge is 2.26. The van der Waals surface area contributed by atoms with E-state index in [0.29, 0.717) is 34.3 Å². The van der Waals surface area contributed by atoms with Crippen molar-refractivity contribution in [3.63, 3.8) is 0 Å². The first-order valence-electron chi connectivity index (χ1n) is 9.59. The van der Waals surface area contributed by atoms with Crippen molar-refractivity contribution in [2.24, 2.45) is 0 Å². The molecule has 1 N–H and O–H groups in total. The maximum atomic E-state index is 12.9. The molecule has 0 saturated heterocycles. The normalized spacial score (nSPS) is 14.0. The summed E-state index contributed by atoms with van der Waals surface area (Å²) in [5, 5.41) is 3.03. The molecule has 8 heteroatoms. The number of rotatable bonds is 7. The lowest BCUT2D eigenvalue weighted by Crippen LogP contribution is -2.38. The minimum absolute atomic E-state index is 0.00257. The summed E-state index contributed by atoms with van der Waals surface area (Å²) in [6.07, 6.45) is 0. The Kier molecular flexibility index (Phi) is 7.05. The van der Waals surface area contributed by atoms with E-state index in [4.69, 9.17) is 16.3 Å². The molecule has 0 bridgehead atoms. The topological polar surface area (TPSA) is 75.7 Å². The minimum Gasteiger partial charge on any atom is -0.482 e. The van der Waals surface area contributed by atoms with Crippen LogP contribution in [0.3, 0.4) is 0 Å². The van der Waals surface area contributed by atoms with Gasteiger partial charge in [-0.05, 0) is 62.7 Å². The zero-order valence-corrected chi connectivity index (χ0v) is 18.6. The van der Waals surface area contributed by atoms with E-state index in [1.807, 2.05) is 13.8 Å². The van der Waals surface area contributed by atoms with Crippen LogP contribution < -0.4 is 15.0 Å². The van der Waals surface area contributed by atoms with Crippen molar-refractivity contribution in [3.05, 3.63) is 52.5 Å². The highest BCUT2D eigenvalue weighted by molar-refractivity contribution is 8.01. The number of hydrogen-bond acceptors (Lipinski definition) is 5. The Balaban J connectivity index is 1.62. The summed E-state index contributed by atoms with van der Waals surface area (Å²) in [4.78, 5) is 38.8. The molecule has 1 aliphatic heterocycles. The number of anilines is 2. The zero-order valence-electron chi connectivity index (χ0n) is 17.0. The van der Waals surface area contributed by atoms with E-state index >= 15 is 0 Å². The first-order valence-corrected chi connectivity index (χ1v) is 11.0. The molecule has 2 aromatic rings. The van der Waals surface area contributed by atoms with Gasteiger partial charge in [0.1, 0.15) is 5.75 Å². The number of benzene rings is 2. The summed E-state index contributed by atoms with van der Waals surface area (Å²) in [7, 11) is 0. The molecular formula is C22H23ClN2O4S. The van der Waals surface area contributed by atoms with Crippen LogP contribution in [0.25, 0.3) is 0 Å². The van der Waals surface area contributed by atoms with Gasteiger partial charge < -0.3 is 15.0 Å². The van der Waals surface area contributed by atoms with Crippen molar-refractivity contribution in [3.8, 4) is 5.75 Å². The van der Waals surface area contributed by atoms with E-state index in [9.17, 15) is 14.4 Å². The van der Waals surface area contributed by atoms with Gasteiger partial charge in [0.25, 0.3) is 5.91 Å². The van der Waals surface area contributed by atoms with Crippen LogP contribution in [0.5, 0.6) is 5.75 Å². The maximum absolute atomic E-state index is 12.9. The van der Waals surface area contributed by atoms with Gasteiger partial charge in [-0.3, -0.25) is 14.4 Å². The third kappa shape index (κ3) is 4.96. The number of carbonyl (C=O) groups is 3. The van der Waals surface area contributed by atoms with Crippen molar-refractivity contribution in [1.29, 1.82) is 0 Å². The van der Waals surface area contributed by atoms with E-state index in [1.54, 1.807) is 48.2 Å². The second-order valence-electron chi connectivity index (χ2n) is 6.93. The molecular weight excluding hydrogens is 424 g/mol. The predicted molar refractivity (Wildman–Crippen MR) is 121 cm³/mol. The number of halogens is 1. The number of thioether (sulfide) groups is 1. The largest absolute Gasteiger partial charge is 0.482 e. The Morgan fingerprint density at radius 2 is 2.03 bits per heavy atom. The average molecular weight is 447 g/mol. The van der Waals surface area contributed by atoms with Gasteiger partial charge in [0.05, 0.1) is 16.7 Å². The Labute approximate surface area is 184 Å². The monoisotopic (exact) mass is 446 g/mol. The number of Topliss-reactive ketones (excluding diaryl/α,β-unsaturated/α-hetero) is 1. The van der Waals surface area contributed by atoms with Crippen LogP contribution in [0.1, 0.15) is 29.8 Å². The maximum Gasteiger partial charge on any atom is 0.265 e. The van der Waals surface area contributed by atoms with Gasteiger partial charge in [0.2, 0.25) is 5.91 Å². The molecule has 158 valence electrons. The molecule has 2 amide bonds. The fourth-order valence-corrected chi connectivity index (χ4v) is 4.15. The lowest BCUT2D eigenvalue weighted by atomic mass is 10.1. The van der Waals surface area contributed by atoms with Gasteiger partial charge in [0.15, 0.2) is 12.4 Å². The highest BCUT2D eigenvalue weighted by atomic mass is 35.5. The fraction of sp³-hybridized carbons (Fsp3) is 0.318. The number of likely N-dealkylation sites (N-methyl/N-ethyl adjacent to an activating group) is 1. The van der Waals surface area contributed by atoms with Crippen LogP contribution in [0, 0.1) is 6.92 Å². The Hall–Kier alpha value is -2.51. The molecule has 2 aromatic carbocycles. The number of ketones is 1. The van der Waals surface area contributed by atoms with Crippen molar-refractivity contribution in [2.45, 2.75) is 26.0 Å². The number of hydrogen-bond donors (Lipinski definition) is 1. The Morgan fingerprint density at radius 3 is 2.73 bits per heavy atom.